The van der Waals surface area contributed by atoms with Gasteiger partial charge in [0.1, 0.15) is 5.82 Å². The lowest BCUT2D eigenvalue weighted by Crippen LogP contribution is -2.48. The molecule has 2 fully saturated rings. The maximum absolute atomic E-state index is 13.9. The van der Waals surface area contributed by atoms with Crippen LogP contribution in [0.5, 0.6) is 0 Å². The molecule has 2 heterocycles. The first-order valence-electron chi connectivity index (χ1n) is 9.89. The number of hydrogen-bond acceptors (Lipinski definition) is 4. The molecular formula is C20H31FN4O. The van der Waals surface area contributed by atoms with Gasteiger partial charge in [-0.05, 0) is 51.1 Å². The van der Waals surface area contributed by atoms with Crippen molar-refractivity contribution in [1.29, 1.82) is 0 Å². The van der Waals surface area contributed by atoms with E-state index in [0.717, 1.165) is 69.8 Å². The molecule has 0 aromatic heterocycles. The molecule has 1 aromatic carbocycles. The summed E-state index contributed by atoms with van der Waals surface area (Å²) >= 11 is 0. The molecule has 2 N–H and O–H groups in total. The standard InChI is InChI=1S/C20H31FN4O/c1-3-24-10-12-25(13-11-24)19-8-7-16(21)14-17(19)15(2)23-20(26)18-6-4-5-9-22-18/h7-8,14-15,18,22H,3-6,9-13H2,1-2H3,(H,23,26). The smallest absolute Gasteiger partial charge is 0.237 e. The predicted octanol–water partition coefficient (Wildman–Crippen LogP) is 2.29. The van der Waals surface area contributed by atoms with E-state index in [0.29, 0.717) is 0 Å². The molecule has 2 atom stereocenters. The minimum Gasteiger partial charge on any atom is -0.369 e. The van der Waals surface area contributed by atoms with Gasteiger partial charge in [0, 0.05) is 37.4 Å². The second kappa shape index (κ2) is 8.82. The Balaban J connectivity index is 1.71. The van der Waals surface area contributed by atoms with Gasteiger partial charge in [0.2, 0.25) is 5.91 Å². The van der Waals surface area contributed by atoms with E-state index >= 15 is 0 Å². The topological polar surface area (TPSA) is 47.6 Å². The highest BCUT2D eigenvalue weighted by Gasteiger charge is 2.25. The molecule has 3 rings (SSSR count). The molecule has 0 aliphatic carbocycles. The Morgan fingerprint density at radius 3 is 2.73 bits per heavy atom. The van der Waals surface area contributed by atoms with Crippen molar-refractivity contribution in [3.8, 4) is 0 Å². The third kappa shape index (κ3) is 4.54. The highest BCUT2D eigenvalue weighted by molar-refractivity contribution is 5.82. The summed E-state index contributed by atoms with van der Waals surface area (Å²) in [4.78, 5) is 17.3. The third-order valence-electron chi connectivity index (χ3n) is 5.60. The Kier molecular flexibility index (Phi) is 6.48. The zero-order valence-electron chi connectivity index (χ0n) is 15.9. The largest absolute Gasteiger partial charge is 0.369 e. The molecule has 2 saturated heterocycles. The molecule has 2 unspecified atom stereocenters. The van der Waals surface area contributed by atoms with Crippen LogP contribution in [-0.4, -0.2) is 56.1 Å². The number of anilines is 1. The second-order valence-corrected chi connectivity index (χ2v) is 7.36. The zero-order chi connectivity index (χ0) is 18.5. The highest BCUT2D eigenvalue weighted by Crippen LogP contribution is 2.28. The molecule has 2 aliphatic rings. The van der Waals surface area contributed by atoms with Gasteiger partial charge in [-0.3, -0.25) is 4.79 Å². The summed E-state index contributed by atoms with van der Waals surface area (Å²) in [5.41, 5.74) is 1.89. The van der Waals surface area contributed by atoms with E-state index in [2.05, 4.69) is 27.4 Å². The molecule has 0 saturated carbocycles. The van der Waals surface area contributed by atoms with Crippen LogP contribution < -0.4 is 15.5 Å². The minimum atomic E-state index is -0.257. The van der Waals surface area contributed by atoms with Crippen molar-refractivity contribution in [2.45, 2.75) is 45.2 Å². The number of nitrogens with one attached hydrogen (secondary N) is 2. The van der Waals surface area contributed by atoms with Gasteiger partial charge < -0.3 is 20.4 Å². The molecule has 2 aliphatic heterocycles. The van der Waals surface area contributed by atoms with Gasteiger partial charge in [0.25, 0.3) is 0 Å². The van der Waals surface area contributed by atoms with E-state index in [1.54, 1.807) is 6.07 Å². The number of piperazine rings is 1. The lowest BCUT2D eigenvalue weighted by Gasteiger charge is -2.37. The van der Waals surface area contributed by atoms with Gasteiger partial charge in [-0.2, -0.15) is 0 Å². The fourth-order valence-corrected chi connectivity index (χ4v) is 3.93. The molecule has 5 nitrogen and oxygen atoms in total. The average Bonchev–Trinajstić information content (AvgIpc) is 2.68. The van der Waals surface area contributed by atoms with Crippen molar-refractivity contribution < 1.29 is 9.18 Å². The van der Waals surface area contributed by atoms with Crippen LogP contribution in [0.4, 0.5) is 10.1 Å². The first-order valence-corrected chi connectivity index (χ1v) is 9.89. The number of piperidine rings is 1. The molecule has 0 bridgehead atoms. The Morgan fingerprint density at radius 1 is 1.31 bits per heavy atom. The molecule has 1 aromatic rings. The van der Waals surface area contributed by atoms with Gasteiger partial charge in [0.15, 0.2) is 0 Å². The lowest BCUT2D eigenvalue weighted by molar-refractivity contribution is -0.124. The fraction of sp³-hybridized carbons (Fsp3) is 0.650. The Hall–Kier alpha value is -1.66. The van der Waals surface area contributed by atoms with Crippen molar-refractivity contribution in [3.05, 3.63) is 29.6 Å². The maximum atomic E-state index is 13.9. The number of nitrogens with zero attached hydrogens (tertiary/aromatic N) is 2. The summed E-state index contributed by atoms with van der Waals surface area (Å²) in [5.74, 6) is -0.240. The lowest BCUT2D eigenvalue weighted by atomic mass is 10.0. The van der Waals surface area contributed by atoms with Crippen LogP contribution in [-0.2, 0) is 4.79 Å². The van der Waals surface area contributed by atoms with Crippen LogP contribution in [0.15, 0.2) is 18.2 Å². The van der Waals surface area contributed by atoms with Gasteiger partial charge in [-0.25, -0.2) is 4.39 Å². The van der Waals surface area contributed by atoms with Gasteiger partial charge in [-0.15, -0.1) is 0 Å². The number of likely N-dealkylation sites (N-methyl/N-ethyl adjacent to an activating group) is 1. The van der Waals surface area contributed by atoms with E-state index in [9.17, 15) is 9.18 Å². The number of hydrogen-bond donors (Lipinski definition) is 2. The van der Waals surface area contributed by atoms with Crippen LogP contribution in [0, 0.1) is 5.82 Å². The van der Waals surface area contributed by atoms with Crippen LogP contribution in [0.2, 0.25) is 0 Å². The van der Waals surface area contributed by atoms with Gasteiger partial charge in [-0.1, -0.05) is 13.3 Å². The van der Waals surface area contributed by atoms with Crippen molar-refractivity contribution in [1.82, 2.24) is 15.5 Å². The summed E-state index contributed by atoms with van der Waals surface area (Å²) in [6.45, 7) is 9.95. The van der Waals surface area contributed by atoms with Crippen molar-refractivity contribution >= 4 is 11.6 Å². The maximum Gasteiger partial charge on any atom is 0.237 e. The van der Waals surface area contributed by atoms with Crippen molar-refractivity contribution in [3.63, 3.8) is 0 Å². The van der Waals surface area contributed by atoms with E-state index < -0.39 is 0 Å². The number of carbonyl (C=O) groups excluding carboxylic acids is 1. The number of carbonyl (C=O) groups is 1. The van der Waals surface area contributed by atoms with Crippen molar-refractivity contribution in [2.75, 3.05) is 44.2 Å². The minimum absolute atomic E-state index is 0.0169. The number of amides is 1. The summed E-state index contributed by atoms with van der Waals surface area (Å²) in [6, 6.07) is 4.59. The fourth-order valence-electron chi connectivity index (χ4n) is 3.93. The Bertz CT molecular complexity index is 610. The van der Waals surface area contributed by atoms with Crippen LogP contribution in [0.3, 0.4) is 0 Å². The SMILES string of the molecule is CCN1CCN(c2ccc(F)cc2C(C)NC(=O)C2CCCCN2)CC1. The quantitative estimate of drug-likeness (QED) is 0.844. The second-order valence-electron chi connectivity index (χ2n) is 7.36. The zero-order valence-corrected chi connectivity index (χ0v) is 15.9. The van der Waals surface area contributed by atoms with Crippen molar-refractivity contribution in [2.24, 2.45) is 0 Å². The summed E-state index contributed by atoms with van der Waals surface area (Å²) in [6.07, 6.45) is 3.07. The summed E-state index contributed by atoms with van der Waals surface area (Å²) in [5, 5.41) is 6.36. The van der Waals surface area contributed by atoms with Gasteiger partial charge >= 0.3 is 0 Å². The number of halogens is 1. The summed E-state index contributed by atoms with van der Waals surface area (Å²) in [7, 11) is 0. The van der Waals surface area contributed by atoms with Crippen LogP contribution in [0.1, 0.15) is 44.7 Å². The molecule has 0 spiro atoms. The number of benzene rings is 1. The first kappa shape index (κ1) is 19.1. The van der Waals surface area contributed by atoms with E-state index in [1.165, 1.54) is 6.07 Å². The Labute approximate surface area is 155 Å². The van der Waals surface area contributed by atoms with E-state index in [1.807, 2.05) is 13.0 Å². The van der Waals surface area contributed by atoms with E-state index in [4.69, 9.17) is 0 Å². The third-order valence-corrected chi connectivity index (χ3v) is 5.60. The molecule has 1 amide bonds. The van der Waals surface area contributed by atoms with E-state index in [-0.39, 0.29) is 23.8 Å². The van der Waals surface area contributed by atoms with Gasteiger partial charge in [0.05, 0.1) is 12.1 Å². The predicted molar refractivity (Wildman–Crippen MR) is 103 cm³/mol. The summed E-state index contributed by atoms with van der Waals surface area (Å²) < 4.78 is 13.9. The highest BCUT2D eigenvalue weighted by atomic mass is 19.1. The Morgan fingerprint density at radius 2 is 2.08 bits per heavy atom. The number of rotatable bonds is 5. The molecule has 0 radical (unpaired) electrons. The molecule has 6 heteroatoms. The van der Waals surface area contributed by atoms with Crippen LogP contribution >= 0.6 is 0 Å². The molecular weight excluding hydrogens is 331 g/mol. The normalized spacial score (nSPS) is 22.9. The first-order chi connectivity index (χ1) is 12.6. The average molecular weight is 362 g/mol. The molecule has 144 valence electrons. The van der Waals surface area contributed by atoms with Crippen LogP contribution in [0.25, 0.3) is 0 Å². The molecule has 26 heavy (non-hydrogen) atoms. The monoisotopic (exact) mass is 362 g/mol.